The molecule has 1 aliphatic heterocycles. The molecule has 1 unspecified atom stereocenters. The lowest BCUT2D eigenvalue weighted by Crippen LogP contribution is -2.50. The fourth-order valence-corrected chi connectivity index (χ4v) is 6.12. The Morgan fingerprint density at radius 2 is 1.80 bits per heavy atom. The lowest BCUT2D eigenvalue weighted by Gasteiger charge is -2.39. The molecule has 4 aromatic rings. The molecule has 0 N–H and O–H groups in total. The molecule has 2 atom stereocenters. The highest BCUT2D eigenvalue weighted by molar-refractivity contribution is 5.80. The molecule has 1 saturated heterocycles. The van der Waals surface area contributed by atoms with Crippen LogP contribution in [0.2, 0.25) is 0 Å². The molecule has 12 heteroatoms. The zero-order valence-corrected chi connectivity index (χ0v) is 27.4. The minimum atomic E-state index is -0.904. The summed E-state index contributed by atoms with van der Waals surface area (Å²) < 4.78 is 44.7. The van der Waals surface area contributed by atoms with Crippen molar-refractivity contribution in [3.05, 3.63) is 80.1 Å². The van der Waals surface area contributed by atoms with Gasteiger partial charge in [-0.2, -0.15) is 0 Å². The van der Waals surface area contributed by atoms with Gasteiger partial charge in [-0.1, -0.05) is 19.9 Å². The third-order valence-electron chi connectivity index (χ3n) is 8.21. The van der Waals surface area contributed by atoms with Crippen LogP contribution in [0.15, 0.2) is 46.1 Å². The number of benzene rings is 1. The zero-order valence-electron chi connectivity index (χ0n) is 27.4. The third-order valence-corrected chi connectivity index (χ3v) is 8.21. The summed E-state index contributed by atoms with van der Waals surface area (Å²) in [5, 5.41) is 0. The number of ether oxygens (including phenoxy) is 2. The maximum Gasteiger partial charge on any atom is 0.410 e. The van der Waals surface area contributed by atoms with E-state index in [1.807, 2.05) is 20.8 Å². The minimum Gasteiger partial charge on any atom is -0.496 e. The van der Waals surface area contributed by atoms with E-state index in [0.717, 1.165) is 6.07 Å². The van der Waals surface area contributed by atoms with Crippen molar-refractivity contribution in [1.82, 2.24) is 24.0 Å². The second kappa shape index (κ2) is 12.3. The summed E-state index contributed by atoms with van der Waals surface area (Å²) in [4.78, 5) is 51.8. The molecule has 0 bridgehead atoms. The van der Waals surface area contributed by atoms with Crippen molar-refractivity contribution in [3.63, 3.8) is 0 Å². The van der Waals surface area contributed by atoms with E-state index in [1.165, 1.54) is 34.4 Å². The van der Waals surface area contributed by atoms with Crippen LogP contribution in [0, 0.1) is 18.6 Å². The van der Waals surface area contributed by atoms with Gasteiger partial charge < -0.3 is 14.4 Å². The normalized spacial score (nSPS) is 17.1. The van der Waals surface area contributed by atoms with E-state index >= 15 is 8.78 Å². The number of piperidine rings is 1. The number of aromatic nitrogens is 4. The van der Waals surface area contributed by atoms with Crippen LogP contribution in [-0.4, -0.2) is 55.4 Å². The quantitative estimate of drug-likeness (QED) is 0.237. The molecule has 4 heterocycles. The summed E-state index contributed by atoms with van der Waals surface area (Å²) in [6.45, 7) is 13.0. The number of halogens is 2. The van der Waals surface area contributed by atoms with Gasteiger partial charge in [0.2, 0.25) is 0 Å². The first-order valence-electron chi connectivity index (χ1n) is 15.3. The summed E-state index contributed by atoms with van der Waals surface area (Å²) in [5.41, 5.74) is -1.49. The van der Waals surface area contributed by atoms with Gasteiger partial charge in [-0.25, -0.2) is 18.6 Å². The van der Waals surface area contributed by atoms with Crippen molar-refractivity contribution in [3.8, 4) is 22.7 Å². The number of likely N-dealkylation sites (tertiary alicyclic amines) is 1. The molecule has 1 fully saturated rings. The van der Waals surface area contributed by atoms with E-state index in [-0.39, 0.29) is 46.7 Å². The molecule has 0 aliphatic carbocycles. The number of amides is 1. The van der Waals surface area contributed by atoms with Crippen LogP contribution in [-0.2, 0) is 4.74 Å². The van der Waals surface area contributed by atoms with Gasteiger partial charge in [-0.05, 0) is 77.1 Å². The number of carbonyl (C=O) groups excluding carboxylic acids is 1. The molecule has 0 saturated carbocycles. The minimum absolute atomic E-state index is 0.0356. The van der Waals surface area contributed by atoms with Crippen LogP contribution < -0.4 is 15.9 Å². The number of fused-ring (bicyclic) bond motifs is 1. The molecular formula is C34H39F2N5O5. The molecule has 0 radical (unpaired) electrons. The first-order chi connectivity index (χ1) is 21.6. The van der Waals surface area contributed by atoms with Crippen molar-refractivity contribution in [2.75, 3.05) is 13.7 Å². The van der Waals surface area contributed by atoms with Crippen molar-refractivity contribution in [1.29, 1.82) is 0 Å². The molecule has 5 rings (SSSR count). The Kier molecular flexibility index (Phi) is 8.76. The number of pyridine rings is 2. The van der Waals surface area contributed by atoms with Gasteiger partial charge in [0.15, 0.2) is 11.5 Å². The fourth-order valence-electron chi connectivity index (χ4n) is 6.12. The Balaban J connectivity index is 1.79. The number of carbonyl (C=O) groups is 1. The maximum absolute atomic E-state index is 16.1. The molecule has 3 aromatic heterocycles. The van der Waals surface area contributed by atoms with Crippen LogP contribution in [0.1, 0.15) is 77.6 Å². The number of hydrogen-bond donors (Lipinski definition) is 0. The summed E-state index contributed by atoms with van der Waals surface area (Å²) in [7, 11) is 1.34. The molecule has 0 spiro atoms. The highest BCUT2D eigenvalue weighted by Gasteiger charge is 2.35. The van der Waals surface area contributed by atoms with E-state index in [4.69, 9.17) is 9.47 Å². The number of methoxy groups -OCH3 is 1. The van der Waals surface area contributed by atoms with Crippen molar-refractivity contribution < 1.29 is 23.0 Å². The molecular weight excluding hydrogens is 596 g/mol. The standard InChI is InChI=1S/C34H39F2N5O5/c1-18(2)27-29(19(3)12-14-37-27)41-30-24(17-23(36)28(38-30)26-22(35)10-9-11-25(26)45-8)40(31(42)32(41)43)21-13-15-39(20(4)16-21)33(44)46-34(5,6)7/h9-12,14,17-18,20-21H,13,15-16H2,1-8H3/t20-,21?/m0/s1. The van der Waals surface area contributed by atoms with Crippen LogP contribution in [0.3, 0.4) is 0 Å². The van der Waals surface area contributed by atoms with Crippen molar-refractivity contribution in [2.45, 2.75) is 84.9 Å². The highest BCUT2D eigenvalue weighted by atomic mass is 19.1. The lowest BCUT2D eigenvalue weighted by atomic mass is 9.98. The Morgan fingerprint density at radius 3 is 2.43 bits per heavy atom. The van der Waals surface area contributed by atoms with Crippen molar-refractivity contribution >= 4 is 17.3 Å². The number of nitrogens with zero attached hydrogens (tertiary/aromatic N) is 5. The van der Waals surface area contributed by atoms with Crippen LogP contribution >= 0.6 is 0 Å². The molecule has 10 nitrogen and oxygen atoms in total. The topological polar surface area (TPSA) is 109 Å². The summed E-state index contributed by atoms with van der Waals surface area (Å²) in [6.07, 6.45) is 1.74. The van der Waals surface area contributed by atoms with Gasteiger partial charge in [-0.3, -0.25) is 23.7 Å². The monoisotopic (exact) mass is 635 g/mol. The van der Waals surface area contributed by atoms with E-state index < -0.39 is 40.5 Å². The molecule has 244 valence electrons. The first-order valence-corrected chi connectivity index (χ1v) is 15.3. The Hall–Kier alpha value is -4.61. The Labute approximate surface area is 265 Å². The summed E-state index contributed by atoms with van der Waals surface area (Å²) in [6, 6.07) is 5.99. The van der Waals surface area contributed by atoms with Gasteiger partial charge in [0, 0.05) is 30.9 Å². The second-order valence-electron chi connectivity index (χ2n) is 13.0. The van der Waals surface area contributed by atoms with Gasteiger partial charge in [0.05, 0.1) is 29.6 Å². The maximum atomic E-state index is 16.1. The molecule has 1 aliphatic rings. The predicted molar refractivity (Wildman–Crippen MR) is 171 cm³/mol. The van der Waals surface area contributed by atoms with Crippen LogP contribution in [0.25, 0.3) is 28.1 Å². The van der Waals surface area contributed by atoms with Crippen molar-refractivity contribution in [2.24, 2.45) is 0 Å². The number of aryl methyl sites for hydroxylation is 1. The van der Waals surface area contributed by atoms with Crippen LogP contribution in [0.4, 0.5) is 13.6 Å². The average Bonchev–Trinajstić information content (AvgIpc) is 2.97. The molecule has 1 aromatic carbocycles. The Morgan fingerprint density at radius 1 is 1.09 bits per heavy atom. The zero-order chi connectivity index (χ0) is 33.7. The second-order valence-corrected chi connectivity index (χ2v) is 13.0. The van der Waals surface area contributed by atoms with Gasteiger partial charge in [0.1, 0.15) is 22.9 Å². The van der Waals surface area contributed by atoms with E-state index in [9.17, 15) is 14.4 Å². The fraction of sp³-hybridized carbons (Fsp3) is 0.441. The average molecular weight is 636 g/mol. The van der Waals surface area contributed by atoms with E-state index in [0.29, 0.717) is 29.8 Å². The largest absolute Gasteiger partial charge is 0.496 e. The smallest absolute Gasteiger partial charge is 0.410 e. The molecule has 46 heavy (non-hydrogen) atoms. The van der Waals surface area contributed by atoms with Gasteiger partial charge in [0.25, 0.3) is 0 Å². The van der Waals surface area contributed by atoms with Crippen LogP contribution in [0.5, 0.6) is 5.75 Å². The third kappa shape index (κ3) is 5.88. The highest BCUT2D eigenvalue weighted by Crippen LogP contribution is 2.36. The van der Waals surface area contributed by atoms with E-state index in [1.54, 1.807) is 44.9 Å². The Bertz CT molecular complexity index is 1950. The number of hydrogen-bond acceptors (Lipinski definition) is 7. The van der Waals surface area contributed by atoms with Gasteiger partial charge in [-0.15, -0.1) is 0 Å². The summed E-state index contributed by atoms with van der Waals surface area (Å²) in [5.74, 6) is -1.77. The lowest BCUT2D eigenvalue weighted by molar-refractivity contribution is 0.00787. The molecule has 1 amide bonds. The number of rotatable bonds is 5. The predicted octanol–water partition coefficient (Wildman–Crippen LogP) is 6.29. The summed E-state index contributed by atoms with van der Waals surface area (Å²) >= 11 is 0. The van der Waals surface area contributed by atoms with Gasteiger partial charge >= 0.3 is 17.2 Å². The first kappa shape index (κ1) is 32.8. The SMILES string of the molecule is COc1cccc(F)c1-c1nc2c(cc1F)n(C1CCN(C(=O)OC(C)(C)C)[C@@H](C)C1)c(=O)c(=O)n2-c1c(C)ccnc1C(C)C. The van der Waals surface area contributed by atoms with E-state index in [2.05, 4.69) is 9.97 Å².